The van der Waals surface area contributed by atoms with E-state index in [4.69, 9.17) is 0 Å². The molecule has 0 saturated carbocycles. The summed E-state index contributed by atoms with van der Waals surface area (Å²) in [5.41, 5.74) is 2.15. The lowest BCUT2D eigenvalue weighted by atomic mass is 9.77. The van der Waals surface area contributed by atoms with Crippen molar-refractivity contribution >= 4 is 27.7 Å². The number of nitrogens with one attached hydrogen (secondary N) is 1. The number of benzene rings is 2. The molecule has 2 saturated heterocycles. The van der Waals surface area contributed by atoms with E-state index in [9.17, 15) is 9.59 Å². The van der Waals surface area contributed by atoms with Gasteiger partial charge in [0.1, 0.15) is 0 Å². The fourth-order valence-corrected chi connectivity index (χ4v) is 5.35. The quantitative estimate of drug-likeness (QED) is 0.611. The van der Waals surface area contributed by atoms with Gasteiger partial charge in [0.15, 0.2) is 0 Å². The van der Waals surface area contributed by atoms with Crippen LogP contribution in [0.2, 0.25) is 0 Å². The number of halogens is 1. The number of nitrogens with zero attached hydrogens (tertiary/aromatic N) is 2. The van der Waals surface area contributed by atoms with Gasteiger partial charge in [0.25, 0.3) is 0 Å². The number of carbonyl (C=O) groups is 2. The average molecular weight is 498 g/mol. The second-order valence-electron chi connectivity index (χ2n) is 9.18. The van der Waals surface area contributed by atoms with E-state index < -0.39 is 0 Å². The van der Waals surface area contributed by atoms with Crippen molar-refractivity contribution < 1.29 is 9.59 Å². The Labute approximate surface area is 199 Å². The normalized spacial score (nSPS) is 19.3. The monoisotopic (exact) mass is 497 g/mol. The number of likely N-dealkylation sites (tertiary alicyclic amines) is 2. The molecule has 2 heterocycles. The molecule has 6 heteroatoms. The predicted molar refractivity (Wildman–Crippen MR) is 130 cm³/mol. The van der Waals surface area contributed by atoms with Gasteiger partial charge in [0.05, 0.1) is 11.5 Å². The van der Waals surface area contributed by atoms with Crippen molar-refractivity contribution in [3.63, 3.8) is 0 Å². The first-order chi connectivity index (χ1) is 15.4. The van der Waals surface area contributed by atoms with Crippen LogP contribution in [0.1, 0.15) is 49.8 Å². The van der Waals surface area contributed by atoms with Crippen molar-refractivity contribution in [2.75, 3.05) is 26.2 Å². The molecule has 2 aliphatic heterocycles. The zero-order chi connectivity index (χ0) is 22.6. The molecule has 4 rings (SSSR count). The van der Waals surface area contributed by atoms with Crippen molar-refractivity contribution in [1.29, 1.82) is 0 Å². The number of hydrogen-bond acceptors (Lipinski definition) is 3. The van der Waals surface area contributed by atoms with Crippen LogP contribution in [0.3, 0.4) is 0 Å². The Bertz CT molecular complexity index is 924. The summed E-state index contributed by atoms with van der Waals surface area (Å²) in [7, 11) is 0. The number of piperidine rings is 1. The van der Waals surface area contributed by atoms with Gasteiger partial charge in [-0.2, -0.15) is 0 Å². The van der Waals surface area contributed by atoms with E-state index in [0.717, 1.165) is 61.9 Å². The molecule has 2 aromatic carbocycles. The molecule has 1 spiro atoms. The fourth-order valence-electron chi connectivity index (χ4n) is 5.09. The van der Waals surface area contributed by atoms with E-state index in [2.05, 4.69) is 50.4 Å². The van der Waals surface area contributed by atoms with Crippen LogP contribution in [-0.2, 0) is 16.1 Å². The number of amides is 2. The van der Waals surface area contributed by atoms with Gasteiger partial charge >= 0.3 is 0 Å². The first kappa shape index (κ1) is 23.0. The summed E-state index contributed by atoms with van der Waals surface area (Å²) in [4.78, 5) is 29.5. The van der Waals surface area contributed by atoms with Crippen molar-refractivity contribution in [1.82, 2.24) is 15.1 Å². The van der Waals surface area contributed by atoms with Crippen LogP contribution >= 0.6 is 15.9 Å². The largest absolute Gasteiger partial charge is 0.349 e. The van der Waals surface area contributed by atoms with Gasteiger partial charge in [-0.05, 0) is 62.0 Å². The molecular formula is C26H32BrN3O2. The van der Waals surface area contributed by atoms with Crippen LogP contribution in [-0.4, -0.2) is 47.8 Å². The number of carbonyl (C=O) groups excluding carboxylic acids is 2. The highest BCUT2D eigenvalue weighted by atomic mass is 79.9. The van der Waals surface area contributed by atoms with E-state index in [0.29, 0.717) is 12.5 Å². The zero-order valence-electron chi connectivity index (χ0n) is 18.7. The number of hydrogen-bond donors (Lipinski definition) is 1. The number of rotatable bonds is 7. The third-order valence-electron chi connectivity index (χ3n) is 7.01. The Balaban J connectivity index is 1.30. The Kier molecular flexibility index (Phi) is 7.31. The molecule has 0 radical (unpaired) electrons. The van der Waals surface area contributed by atoms with Crippen molar-refractivity contribution in [2.24, 2.45) is 5.41 Å². The first-order valence-corrected chi connectivity index (χ1v) is 12.3. The van der Waals surface area contributed by atoms with Crippen molar-refractivity contribution in [3.8, 4) is 0 Å². The average Bonchev–Trinajstić information content (AvgIpc) is 3.09. The van der Waals surface area contributed by atoms with Gasteiger partial charge in [-0.15, -0.1) is 0 Å². The second kappa shape index (κ2) is 10.2. The Morgan fingerprint density at radius 1 is 1.03 bits per heavy atom. The van der Waals surface area contributed by atoms with Gasteiger partial charge in [-0.3, -0.25) is 9.59 Å². The fraction of sp³-hybridized carbons (Fsp3) is 0.462. The minimum atomic E-state index is -0.178. The summed E-state index contributed by atoms with van der Waals surface area (Å²) in [5, 5.41) is 3.09. The zero-order valence-corrected chi connectivity index (χ0v) is 20.3. The van der Waals surface area contributed by atoms with Gasteiger partial charge in [0, 0.05) is 31.0 Å². The maximum Gasteiger partial charge on any atom is 0.229 e. The highest BCUT2D eigenvalue weighted by Gasteiger charge is 2.47. The highest BCUT2D eigenvalue weighted by molar-refractivity contribution is 9.10. The molecular weight excluding hydrogens is 466 g/mol. The lowest BCUT2D eigenvalue weighted by Gasteiger charge is -2.38. The van der Waals surface area contributed by atoms with E-state index >= 15 is 0 Å². The second-order valence-corrected chi connectivity index (χ2v) is 10.1. The van der Waals surface area contributed by atoms with Crippen LogP contribution in [0.25, 0.3) is 0 Å². The minimum Gasteiger partial charge on any atom is -0.349 e. The minimum absolute atomic E-state index is 0.00105. The summed E-state index contributed by atoms with van der Waals surface area (Å²) in [5.74, 6) is 0.333. The topological polar surface area (TPSA) is 52.7 Å². The maximum absolute atomic E-state index is 13.3. The van der Waals surface area contributed by atoms with Crippen LogP contribution < -0.4 is 5.32 Å². The molecule has 0 aliphatic carbocycles. The predicted octanol–water partition coefficient (Wildman–Crippen LogP) is 4.53. The van der Waals surface area contributed by atoms with Gasteiger partial charge in [-0.1, -0.05) is 58.4 Å². The Morgan fingerprint density at radius 3 is 2.34 bits per heavy atom. The molecule has 1 unspecified atom stereocenters. The summed E-state index contributed by atoms with van der Waals surface area (Å²) in [6.45, 7) is 5.94. The van der Waals surface area contributed by atoms with E-state index in [1.165, 1.54) is 5.56 Å². The van der Waals surface area contributed by atoms with Gasteiger partial charge in [-0.25, -0.2) is 0 Å². The van der Waals surface area contributed by atoms with Gasteiger partial charge < -0.3 is 15.1 Å². The third kappa shape index (κ3) is 5.41. The molecule has 0 aromatic heterocycles. The van der Waals surface area contributed by atoms with Crippen molar-refractivity contribution in [2.45, 2.75) is 45.2 Å². The summed E-state index contributed by atoms with van der Waals surface area (Å²) in [6, 6.07) is 18.4. The lowest BCUT2D eigenvalue weighted by molar-refractivity contribution is -0.139. The molecule has 0 bridgehead atoms. The third-order valence-corrected chi connectivity index (χ3v) is 7.54. The van der Waals surface area contributed by atoms with E-state index in [-0.39, 0.29) is 17.4 Å². The lowest BCUT2D eigenvalue weighted by Crippen LogP contribution is -2.45. The van der Waals surface area contributed by atoms with E-state index in [1.54, 1.807) is 6.92 Å². The molecule has 2 aliphatic rings. The molecule has 2 aromatic rings. The molecule has 2 fully saturated rings. The molecule has 32 heavy (non-hydrogen) atoms. The molecule has 170 valence electrons. The molecule has 5 nitrogen and oxygen atoms in total. The standard InChI is InChI=1S/C26H32BrN3O2/c1-20(31)28-24(22-5-3-2-4-6-22)11-15-29-16-12-26(13-17-29)14-18-30(25(26)32)19-21-7-9-23(27)10-8-21/h2-10,24H,11-19H2,1H3,(H,28,31). The maximum atomic E-state index is 13.3. The van der Waals surface area contributed by atoms with Crippen LogP contribution in [0.4, 0.5) is 0 Å². The molecule has 2 amide bonds. The molecule has 1 atom stereocenters. The van der Waals surface area contributed by atoms with Gasteiger partial charge in [0.2, 0.25) is 11.8 Å². The molecule has 1 N–H and O–H groups in total. The smallest absolute Gasteiger partial charge is 0.229 e. The van der Waals surface area contributed by atoms with Crippen LogP contribution in [0, 0.1) is 5.41 Å². The summed E-state index contributed by atoms with van der Waals surface area (Å²) >= 11 is 3.47. The van der Waals surface area contributed by atoms with E-state index in [1.807, 2.05) is 35.2 Å². The van der Waals surface area contributed by atoms with Crippen molar-refractivity contribution in [3.05, 3.63) is 70.2 Å². The summed E-state index contributed by atoms with van der Waals surface area (Å²) in [6.07, 6.45) is 3.70. The van der Waals surface area contributed by atoms with Crippen LogP contribution in [0.15, 0.2) is 59.1 Å². The Morgan fingerprint density at radius 2 is 1.69 bits per heavy atom. The SMILES string of the molecule is CC(=O)NC(CCN1CCC2(CC1)CCN(Cc1ccc(Br)cc1)C2=O)c1ccccc1. The Hall–Kier alpha value is -2.18. The first-order valence-electron chi connectivity index (χ1n) is 11.5. The van der Waals surface area contributed by atoms with Crippen LogP contribution in [0.5, 0.6) is 0 Å². The summed E-state index contributed by atoms with van der Waals surface area (Å²) < 4.78 is 1.06. The highest BCUT2D eigenvalue weighted by Crippen LogP contribution is 2.42.